The van der Waals surface area contributed by atoms with E-state index in [2.05, 4.69) is 91.0 Å². The minimum atomic E-state index is 0.594. The number of para-hydroxylation sites is 2. The SMILES string of the molecule is c1ccc(-c2nc(-c3ccc4c(c3)oc3ccc(-c5cccc6c5oc5ccccc56)cc34)nc(-c3cccc4c3sc3ccccc34)n2)cc1. The zero-order valence-corrected chi connectivity index (χ0v) is 27.8. The summed E-state index contributed by atoms with van der Waals surface area (Å²) in [4.78, 5) is 15.2. The molecule has 0 bridgehead atoms. The number of furan rings is 2. The van der Waals surface area contributed by atoms with Crippen molar-refractivity contribution in [2.24, 2.45) is 0 Å². The molecule has 4 aromatic heterocycles. The van der Waals surface area contributed by atoms with Crippen LogP contribution in [0.15, 0.2) is 160 Å². The molecule has 238 valence electrons. The van der Waals surface area contributed by atoms with Gasteiger partial charge in [-0.05, 0) is 48.0 Å². The van der Waals surface area contributed by atoms with Crippen LogP contribution in [0.2, 0.25) is 0 Å². The summed E-state index contributed by atoms with van der Waals surface area (Å²) >= 11 is 1.77. The Morgan fingerprint density at radius 3 is 1.94 bits per heavy atom. The second-order valence-electron chi connectivity index (χ2n) is 12.8. The van der Waals surface area contributed by atoms with Gasteiger partial charge in [-0.25, -0.2) is 15.0 Å². The summed E-state index contributed by atoms with van der Waals surface area (Å²) in [5, 5.41) is 6.75. The molecule has 0 amide bonds. The Balaban J connectivity index is 1.06. The minimum Gasteiger partial charge on any atom is -0.456 e. The Hall–Kier alpha value is -6.63. The van der Waals surface area contributed by atoms with Gasteiger partial charge in [0.2, 0.25) is 0 Å². The first-order valence-electron chi connectivity index (χ1n) is 16.8. The Morgan fingerprint density at radius 2 is 1.04 bits per heavy atom. The monoisotopic (exact) mass is 671 g/mol. The van der Waals surface area contributed by atoms with E-state index in [1.54, 1.807) is 11.3 Å². The topological polar surface area (TPSA) is 65.0 Å². The fraction of sp³-hybridized carbons (Fsp3) is 0. The van der Waals surface area contributed by atoms with Gasteiger partial charge in [-0.2, -0.15) is 0 Å². The molecule has 0 unspecified atom stereocenters. The number of nitrogens with zero attached hydrogens (tertiary/aromatic N) is 3. The molecular formula is C45H25N3O2S. The summed E-state index contributed by atoms with van der Waals surface area (Å²) in [7, 11) is 0. The number of thiophene rings is 1. The largest absolute Gasteiger partial charge is 0.456 e. The quantitative estimate of drug-likeness (QED) is 0.186. The predicted octanol–water partition coefficient (Wildman–Crippen LogP) is 12.7. The van der Waals surface area contributed by atoms with E-state index in [0.717, 1.165) is 76.4 Å². The summed E-state index contributed by atoms with van der Waals surface area (Å²) in [6.45, 7) is 0. The molecule has 0 N–H and O–H groups in total. The molecule has 11 rings (SSSR count). The van der Waals surface area contributed by atoms with Gasteiger partial charge in [0.1, 0.15) is 22.3 Å². The third kappa shape index (κ3) is 4.43. The van der Waals surface area contributed by atoms with Gasteiger partial charge in [-0.3, -0.25) is 0 Å². The lowest BCUT2D eigenvalue weighted by Gasteiger charge is -2.09. The number of aromatic nitrogens is 3. The van der Waals surface area contributed by atoms with Crippen LogP contribution >= 0.6 is 11.3 Å². The first-order valence-corrected chi connectivity index (χ1v) is 17.7. The van der Waals surface area contributed by atoms with Crippen molar-refractivity contribution in [3.05, 3.63) is 152 Å². The van der Waals surface area contributed by atoms with Crippen LogP contribution in [0.1, 0.15) is 0 Å². The highest BCUT2D eigenvalue weighted by Gasteiger charge is 2.19. The number of rotatable bonds is 4. The van der Waals surface area contributed by atoms with Gasteiger partial charge in [-0.1, -0.05) is 109 Å². The average Bonchev–Trinajstić information content (AvgIpc) is 3.88. The van der Waals surface area contributed by atoms with Gasteiger partial charge in [0.25, 0.3) is 0 Å². The van der Waals surface area contributed by atoms with E-state index in [1.165, 1.54) is 15.5 Å². The van der Waals surface area contributed by atoms with Gasteiger partial charge in [-0.15, -0.1) is 11.3 Å². The van der Waals surface area contributed by atoms with E-state index in [-0.39, 0.29) is 0 Å². The van der Waals surface area contributed by atoms with E-state index in [9.17, 15) is 0 Å². The molecule has 0 aliphatic carbocycles. The standard InChI is InChI=1S/C45H25N3O2S/c1-2-10-26(11-3-1)43-46-44(48-45(47-43)35-17-9-16-34-32-13-5-7-19-40(32)51-42(34)35)28-20-22-31-36-24-27(21-23-38(36)49-39(31)25-28)29-14-8-15-33-30-12-4-6-18-37(30)50-41(29)33/h1-25H. The van der Waals surface area contributed by atoms with E-state index in [4.69, 9.17) is 23.8 Å². The normalized spacial score (nSPS) is 11.9. The van der Waals surface area contributed by atoms with Crippen LogP contribution < -0.4 is 0 Å². The molecule has 0 atom stereocenters. The van der Waals surface area contributed by atoms with E-state index >= 15 is 0 Å². The summed E-state index contributed by atoms with van der Waals surface area (Å²) in [6, 6.07) is 52.1. The van der Waals surface area contributed by atoms with Crippen molar-refractivity contribution in [3.63, 3.8) is 0 Å². The molecule has 0 spiro atoms. The van der Waals surface area contributed by atoms with Crippen molar-refractivity contribution in [2.75, 3.05) is 0 Å². The number of benzene rings is 7. The molecule has 0 saturated carbocycles. The summed E-state index contributed by atoms with van der Waals surface area (Å²) in [5.41, 5.74) is 8.28. The summed E-state index contributed by atoms with van der Waals surface area (Å²) < 4.78 is 15.2. The lowest BCUT2D eigenvalue weighted by atomic mass is 10.00. The fourth-order valence-electron chi connectivity index (χ4n) is 7.32. The molecule has 0 saturated heterocycles. The minimum absolute atomic E-state index is 0.594. The number of hydrogen-bond acceptors (Lipinski definition) is 6. The Bertz CT molecular complexity index is 3160. The maximum Gasteiger partial charge on any atom is 0.165 e. The van der Waals surface area contributed by atoms with Gasteiger partial charge in [0.05, 0.1) is 0 Å². The van der Waals surface area contributed by atoms with Gasteiger partial charge in [0, 0.05) is 64.0 Å². The van der Waals surface area contributed by atoms with E-state index in [1.807, 2.05) is 60.7 Å². The van der Waals surface area contributed by atoms with Crippen LogP contribution in [0.25, 0.3) is 109 Å². The van der Waals surface area contributed by atoms with Gasteiger partial charge < -0.3 is 8.83 Å². The molecular weight excluding hydrogens is 647 g/mol. The Morgan fingerprint density at radius 1 is 0.373 bits per heavy atom. The van der Waals surface area contributed by atoms with Crippen LogP contribution in [0.3, 0.4) is 0 Å². The Labute approximate surface area is 295 Å². The highest BCUT2D eigenvalue weighted by molar-refractivity contribution is 7.26. The molecule has 4 heterocycles. The first-order chi connectivity index (χ1) is 25.2. The third-order valence-electron chi connectivity index (χ3n) is 9.76. The van der Waals surface area contributed by atoms with Gasteiger partial charge >= 0.3 is 0 Å². The first kappa shape index (κ1) is 28.2. The molecule has 0 aliphatic rings. The van der Waals surface area contributed by atoms with Crippen molar-refractivity contribution < 1.29 is 8.83 Å². The van der Waals surface area contributed by atoms with Crippen LogP contribution in [0.5, 0.6) is 0 Å². The highest BCUT2D eigenvalue weighted by atomic mass is 32.1. The zero-order chi connectivity index (χ0) is 33.5. The fourth-order valence-corrected chi connectivity index (χ4v) is 8.54. The Kier molecular flexibility index (Phi) is 6.05. The van der Waals surface area contributed by atoms with Crippen LogP contribution in [0.4, 0.5) is 0 Å². The molecule has 0 aliphatic heterocycles. The lowest BCUT2D eigenvalue weighted by Crippen LogP contribution is -2.00. The number of hydrogen-bond donors (Lipinski definition) is 0. The molecule has 6 heteroatoms. The molecule has 0 fully saturated rings. The predicted molar refractivity (Wildman–Crippen MR) is 209 cm³/mol. The third-order valence-corrected chi connectivity index (χ3v) is 11.0. The molecule has 0 radical (unpaired) electrons. The van der Waals surface area contributed by atoms with Gasteiger partial charge in [0.15, 0.2) is 17.5 Å². The second-order valence-corrected chi connectivity index (χ2v) is 13.8. The molecule has 11 aromatic rings. The van der Waals surface area contributed by atoms with Crippen LogP contribution in [-0.2, 0) is 0 Å². The average molecular weight is 672 g/mol. The molecule has 5 nitrogen and oxygen atoms in total. The maximum atomic E-state index is 6.47. The lowest BCUT2D eigenvalue weighted by molar-refractivity contribution is 0.668. The number of fused-ring (bicyclic) bond motifs is 9. The van der Waals surface area contributed by atoms with E-state index < -0.39 is 0 Å². The molecule has 7 aromatic carbocycles. The summed E-state index contributed by atoms with van der Waals surface area (Å²) in [6.07, 6.45) is 0. The zero-order valence-electron chi connectivity index (χ0n) is 27.0. The van der Waals surface area contributed by atoms with Crippen molar-refractivity contribution in [1.82, 2.24) is 15.0 Å². The van der Waals surface area contributed by atoms with E-state index in [0.29, 0.717) is 17.5 Å². The van der Waals surface area contributed by atoms with Crippen molar-refractivity contribution in [2.45, 2.75) is 0 Å². The smallest absolute Gasteiger partial charge is 0.165 e. The van der Waals surface area contributed by atoms with Crippen LogP contribution in [0, 0.1) is 0 Å². The van der Waals surface area contributed by atoms with Crippen LogP contribution in [-0.4, -0.2) is 15.0 Å². The maximum absolute atomic E-state index is 6.47. The van der Waals surface area contributed by atoms with Crippen molar-refractivity contribution >= 4 is 75.4 Å². The van der Waals surface area contributed by atoms with Crippen molar-refractivity contribution in [1.29, 1.82) is 0 Å². The molecule has 51 heavy (non-hydrogen) atoms. The highest BCUT2D eigenvalue weighted by Crippen LogP contribution is 2.41. The summed E-state index contributed by atoms with van der Waals surface area (Å²) in [5.74, 6) is 1.87. The van der Waals surface area contributed by atoms with Crippen molar-refractivity contribution in [3.8, 4) is 45.3 Å². The second kappa shape index (κ2) is 10.9.